The monoisotopic (exact) mass is 492 g/mol. The molecule has 184 valence electrons. The van der Waals surface area contributed by atoms with Crippen LogP contribution in [0.1, 0.15) is 56.3 Å². The van der Waals surface area contributed by atoms with Gasteiger partial charge in [-0.25, -0.2) is 9.48 Å². The Hall–Kier alpha value is -3.26. The van der Waals surface area contributed by atoms with E-state index in [9.17, 15) is 4.79 Å². The molecule has 0 spiro atoms. The number of unbranched alkanes of at least 4 members (excludes halogenated alkanes) is 1. The minimum Gasteiger partial charge on any atom is -0.489 e. The van der Waals surface area contributed by atoms with Crippen molar-refractivity contribution in [3.63, 3.8) is 0 Å². The summed E-state index contributed by atoms with van der Waals surface area (Å²) < 4.78 is 13.4. The number of aryl methyl sites for hydroxylation is 1. The van der Waals surface area contributed by atoms with E-state index in [1.54, 1.807) is 16.4 Å². The van der Waals surface area contributed by atoms with Crippen LogP contribution in [0.15, 0.2) is 65.0 Å². The van der Waals surface area contributed by atoms with E-state index in [4.69, 9.17) is 14.6 Å². The second kappa shape index (κ2) is 11.4. The van der Waals surface area contributed by atoms with Gasteiger partial charge in [0, 0.05) is 5.70 Å². The lowest BCUT2D eigenvalue weighted by Crippen LogP contribution is -2.29. The van der Waals surface area contributed by atoms with E-state index in [-0.39, 0.29) is 5.97 Å². The van der Waals surface area contributed by atoms with Crippen LogP contribution in [0.25, 0.3) is 0 Å². The first-order valence-electron chi connectivity index (χ1n) is 12.0. The SMILES string of the molecule is CCCCOC(=O)C1=C(C)Nc2nc(SCC)nn2C1c1ccc(OCc2ccc(C)cc2)cc1. The van der Waals surface area contributed by atoms with Crippen LogP contribution in [0.2, 0.25) is 0 Å². The third-order valence-corrected chi connectivity index (χ3v) is 6.50. The van der Waals surface area contributed by atoms with E-state index >= 15 is 0 Å². The topological polar surface area (TPSA) is 78.3 Å². The number of nitrogens with one attached hydrogen (secondary N) is 1. The Balaban J connectivity index is 1.60. The number of hydrogen-bond donors (Lipinski definition) is 1. The Labute approximate surface area is 210 Å². The van der Waals surface area contributed by atoms with Crippen LogP contribution in [0.3, 0.4) is 0 Å². The molecule has 0 saturated carbocycles. The van der Waals surface area contributed by atoms with E-state index in [0.717, 1.165) is 41.2 Å². The highest BCUT2D eigenvalue weighted by Gasteiger charge is 2.35. The number of rotatable bonds is 10. The summed E-state index contributed by atoms with van der Waals surface area (Å²) in [6, 6.07) is 15.7. The molecule has 1 aromatic heterocycles. The first-order chi connectivity index (χ1) is 17.0. The fourth-order valence-electron chi connectivity index (χ4n) is 3.88. The number of aromatic nitrogens is 3. The highest BCUT2D eigenvalue weighted by atomic mass is 32.2. The maximum Gasteiger partial charge on any atom is 0.338 e. The van der Waals surface area contributed by atoms with Gasteiger partial charge in [-0.05, 0) is 49.3 Å². The van der Waals surface area contributed by atoms with Gasteiger partial charge in [0.05, 0.1) is 12.2 Å². The summed E-state index contributed by atoms with van der Waals surface area (Å²) in [6.45, 7) is 8.97. The Morgan fingerprint density at radius 1 is 1.09 bits per heavy atom. The maximum absolute atomic E-state index is 13.1. The summed E-state index contributed by atoms with van der Waals surface area (Å²) in [5.74, 6) is 1.91. The predicted molar refractivity (Wildman–Crippen MR) is 139 cm³/mol. The van der Waals surface area contributed by atoms with Gasteiger partial charge in [0.15, 0.2) is 0 Å². The molecule has 4 rings (SSSR count). The number of allylic oxidation sites excluding steroid dienone is 1. The minimum absolute atomic E-state index is 0.334. The summed E-state index contributed by atoms with van der Waals surface area (Å²) in [5, 5.41) is 8.62. The van der Waals surface area contributed by atoms with Gasteiger partial charge in [-0.15, -0.1) is 5.10 Å². The van der Waals surface area contributed by atoms with Gasteiger partial charge in [-0.2, -0.15) is 4.98 Å². The zero-order chi connectivity index (χ0) is 24.8. The van der Waals surface area contributed by atoms with Crippen molar-refractivity contribution >= 4 is 23.7 Å². The molecule has 0 fully saturated rings. The second-order valence-electron chi connectivity index (χ2n) is 8.49. The van der Waals surface area contributed by atoms with Crippen molar-refractivity contribution in [3.05, 3.63) is 76.5 Å². The third-order valence-electron chi connectivity index (χ3n) is 5.78. The highest BCUT2D eigenvalue weighted by molar-refractivity contribution is 7.99. The Morgan fingerprint density at radius 3 is 2.51 bits per heavy atom. The van der Waals surface area contributed by atoms with Crippen LogP contribution in [-0.2, 0) is 16.1 Å². The minimum atomic E-state index is -0.440. The number of benzene rings is 2. The van der Waals surface area contributed by atoms with Crippen molar-refractivity contribution in [1.82, 2.24) is 14.8 Å². The number of ether oxygens (including phenoxy) is 2. The standard InChI is InChI=1S/C27H32N4O3S/c1-5-7-16-33-25(32)23-19(4)28-26-29-27(35-6-2)30-31(26)24(23)21-12-14-22(15-13-21)34-17-20-10-8-18(3)9-11-20/h8-15,24H,5-7,16-17H2,1-4H3,(H,28,29,30). The van der Waals surface area contributed by atoms with Crippen molar-refractivity contribution < 1.29 is 14.3 Å². The molecule has 0 radical (unpaired) electrons. The second-order valence-corrected chi connectivity index (χ2v) is 9.73. The smallest absolute Gasteiger partial charge is 0.338 e. The molecule has 0 saturated heterocycles. The largest absolute Gasteiger partial charge is 0.489 e. The Bertz CT molecular complexity index is 1190. The number of anilines is 1. The van der Waals surface area contributed by atoms with Crippen molar-refractivity contribution in [3.8, 4) is 5.75 Å². The molecule has 1 aliphatic rings. The zero-order valence-electron chi connectivity index (χ0n) is 20.7. The summed E-state index contributed by atoms with van der Waals surface area (Å²) in [4.78, 5) is 17.8. The average molecular weight is 493 g/mol. The molecule has 0 bridgehead atoms. The molecule has 8 heteroatoms. The molecule has 7 nitrogen and oxygen atoms in total. The molecule has 1 N–H and O–H groups in total. The maximum atomic E-state index is 13.1. The third kappa shape index (κ3) is 5.88. The Kier molecular flexibility index (Phi) is 8.13. The Morgan fingerprint density at radius 2 is 1.83 bits per heavy atom. The van der Waals surface area contributed by atoms with Crippen molar-refractivity contribution in [2.45, 2.75) is 58.3 Å². The van der Waals surface area contributed by atoms with E-state index < -0.39 is 6.04 Å². The summed E-state index contributed by atoms with van der Waals surface area (Å²) in [6.07, 6.45) is 1.79. The normalized spacial score (nSPS) is 14.9. The summed E-state index contributed by atoms with van der Waals surface area (Å²) in [5.41, 5.74) is 4.52. The summed E-state index contributed by atoms with van der Waals surface area (Å²) >= 11 is 1.56. The lowest BCUT2D eigenvalue weighted by atomic mass is 9.96. The molecule has 1 unspecified atom stereocenters. The van der Waals surface area contributed by atoms with Crippen LogP contribution in [0, 0.1) is 6.92 Å². The average Bonchev–Trinajstić information content (AvgIpc) is 3.25. The molecule has 1 aliphatic heterocycles. The fourth-order valence-corrected chi connectivity index (χ4v) is 4.43. The molecule has 3 aromatic rings. The molecule has 0 amide bonds. The lowest BCUT2D eigenvalue weighted by Gasteiger charge is -2.28. The molecule has 0 aliphatic carbocycles. The van der Waals surface area contributed by atoms with E-state index in [2.05, 4.69) is 55.3 Å². The van der Waals surface area contributed by atoms with E-state index in [1.165, 1.54) is 5.56 Å². The van der Waals surface area contributed by atoms with Crippen LogP contribution in [0.4, 0.5) is 5.95 Å². The highest BCUT2D eigenvalue weighted by Crippen LogP contribution is 2.37. The number of carbonyl (C=O) groups is 1. The van der Waals surface area contributed by atoms with Crippen molar-refractivity contribution in [2.75, 3.05) is 17.7 Å². The lowest BCUT2D eigenvalue weighted by molar-refractivity contribution is -0.139. The number of hydrogen-bond acceptors (Lipinski definition) is 7. The molecular weight excluding hydrogens is 460 g/mol. The van der Waals surface area contributed by atoms with E-state index in [1.807, 2.05) is 31.2 Å². The van der Waals surface area contributed by atoms with Gasteiger partial charge in [0.25, 0.3) is 0 Å². The number of nitrogens with zero attached hydrogens (tertiary/aromatic N) is 3. The van der Waals surface area contributed by atoms with Gasteiger partial charge < -0.3 is 14.8 Å². The predicted octanol–water partition coefficient (Wildman–Crippen LogP) is 5.91. The first-order valence-corrected chi connectivity index (χ1v) is 13.0. The van der Waals surface area contributed by atoms with Gasteiger partial charge in [-0.3, -0.25) is 0 Å². The van der Waals surface area contributed by atoms with Crippen LogP contribution in [0.5, 0.6) is 5.75 Å². The molecular formula is C27H32N4O3S. The van der Waals surface area contributed by atoms with Gasteiger partial charge >= 0.3 is 5.97 Å². The van der Waals surface area contributed by atoms with E-state index in [0.29, 0.717) is 29.9 Å². The quantitative estimate of drug-likeness (QED) is 0.214. The van der Waals surface area contributed by atoms with Crippen LogP contribution < -0.4 is 10.1 Å². The fraction of sp³-hybridized carbons (Fsp3) is 0.370. The number of thioether (sulfide) groups is 1. The zero-order valence-corrected chi connectivity index (χ0v) is 21.5. The molecule has 35 heavy (non-hydrogen) atoms. The number of esters is 1. The number of carbonyl (C=O) groups excluding carboxylic acids is 1. The summed E-state index contributed by atoms with van der Waals surface area (Å²) in [7, 11) is 0. The van der Waals surface area contributed by atoms with Gasteiger partial charge in [0.2, 0.25) is 11.1 Å². The van der Waals surface area contributed by atoms with Gasteiger partial charge in [-0.1, -0.05) is 74.0 Å². The molecule has 2 aromatic carbocycles. The van der Waals surface area contributed by atoms with Crippen LogP contribution in [-0.4, -0.2) is 33.1 Å². The molecule has 1 atom stereocenters. The van der Waals surface area contributed by atoms with Crippen molar-refractivity contribution in [2.24, 2.45) is 0 Å². The van der Waals surface area contributed by atoms with Gasteiger partial charge in [0.1, 0.15) is 18.4 Å². The van der Waals surface area contributed by atoms with Crippen molar-refractivity contribution in [1.29, 1.82) is 0 Å². The molecule has 2 heterocycles. The first kappa shape index (κ1) is 24.9. The van der Waals surface area contributed by atoms with Crippen LogP contribution >= 0.6 is 11.8 Å². The number of fused-ring (bicyclic) bond motifs is 1.